The Morgan fingerprint density at radius 1 is 1.39 bits per heavy atom. The number of aliphatic carboxylic acids is 1. The number of rotatable bonds is 6. The van der Waals surface area contributed by atoms with Gasteiger partial charge in [0, 0.05) is 19.6 Å². The van der Waals surface area contributed by atoms with Gasteiger partial charge in [0.2, 0.25) is 5.91 Å². The molecule has 8 nitrogen and oxygen atoms in total. The zero-order chi connectivity index (χ0) is 17.7. The first-order chi connectivity index (χ1) is 10.6. The molecule has 1 heterocycles. The van der Waals surface area contributed by atoms with E-state index in [0.29, 0.717) is 13.1 Å². The van der Waals surface area contributed by atoms with E-state index >= 15 is 0 Å². The topological polar surface area (TPSA) is 108 Å². The molecule has 1 aliphatic rings. The molecule has 130 valence electrons. The lowest BCUT2D eigenvalue weighted by Gasteiger charge is -2.28. The lowest BCUT2D eigenvalue weighted by Crippen LogP contribution is -2.57. The molecule has 1 fully saturated rings. The van der Waals surface area contributed by atoms with E-state index < -0.39 is 23.2 Å². The van der Waals surface area contributed by atoms with Crippen LogP contribution < -0.4 is 10.6 Å². The number of carboxylic acid groups (broad SMARTS) is 1. The highest BCUT2D eigenvalue weighted by Gasteiger charge is 2.47. The minimum Gasteiger partial charge on any atom is -0.479 e. The van der Waals surface area contributed by atoms with Gasteiger partial charge in [-0.15, -0.1) is 6.58 Å². The van der Waals surface area contributed by atoms with Crippen molar-refractivity contribution in [3.8, 4) is 0 Å². The number of hydrogen-bond acceptors (Lipinski definition) is 5. The fraction of sp³-hybridized carbons (Fsp3) is 0.667. The standard InChI is InChI=1S/C15H25N3O5/c1-5-7-16-11(19)9-18-8-6-15(10-18,12(20)21)17-13(22)23-14(2,3)4/h5H,1,6-10H2,2-4H3,(H,16,19)(H,17,22)(H,20,21). The van der Waals surface area contributed by atoms with Crippen LogP contribution in [0.1, 0.15) is 27.2 Å². The van der Waals surface area contributed by atoms with Crippen LogP contribution in [0.15, 0.2) is 12.7 Å². The molecule has 8 heteroatoms. The average molecular weight is 327 g/mol. The quantitative estimate of drug-likeness (QED) is 0.607. The molecule has 0 aromatic heterocycles. The van der Waals surface area contributed by atoms with Crippen LogP contribution in [0.4, 0.5) is 4.79 Å². The van der Waals surface area contributed by atoms with Crippen molar-refractivity contribution in [3.63, 3.8) is 0 Å². The highest BCUT2D eigenvalue weighted by atomic mass is 16.6. The van der Waals surface area contributed by atoms with E-state index in [1.165, 1.54) is 0 Å². The molecule has 0 saturated carbocycles. The number of alkyl carbamates (subject to hydrolysis) is 1. The number of hydrogen-bond donors (Lipinski definition) is 3. The van der Waals surface area contributed by atoms with Gasteiger partial charge in [0.15, 0.2) is 5.54 Å². The van der Waals surface area contributed by atoms with Crippen molar-refractivity contribution in [1.82, 2.24) is 15.5 Å². The van der Waals surface area contributed by atoms with Crippen molar-refractivity contribution in [2.45, 2.75) is 38.3 Å². The molecule has 1 saturated heterocycles. The number of carbonyl (C=O) groups is 3. The fourth-order valence-electron chi connectivity index (χ4n) is 2.30. The van der Waals surface area contributed by atoms with Gasteiger partial charge in [-0.2, -0.15) is 0 Å². The molecule has 23 heavy (non-hydrogen) atoms. The van der Waals surface area contributed by atoms with E-state index in [-0.39, 0.29) is 25.4 Å². The van der Waals surface area contributed by atoms with Crippen LogP contribution >= 0.6 is 0 Å². The monoisotopic (exact) mass is 327 g/mol. The van der Waals surface area contributed by atoms with Crippen LogP contribution in [0.5, 0.6) is 0 Å². The highest BCUT2D eigenvalue weighted by Crippen LogP contribution is 2.22. The van der Waals surface area contributed by atoms with Gasteiger partial charge in [-0.3, -0.25) is 9.69 Å². The van der Waals surface area contributed by atoms with E-state index in [9.17, 15) is 19.5 Å². The van der Waals surface area contributed by atoms with Crippen LogP contribution in [0.25, 0.3) is 0 Å². The third-order valence-corrected chi connectivity index (χ3v) is 3.31. The maximum Gasteiger partial charge on any atom is 0.408 e. The van der Waals surface area contributed by atoms with Gasteiger partial charge in [0.25, 0.3) is 0 Å². The summed E-state index contributed by atoms with van der Waals surface area (Å²) in [7, 11) is 0. The molecule has 2 amide bonds. The summed E-state index contributed by atoms with van der Waals surface area (Å²) in [6.07, 6.45) is 0.988. The highest BCUT2D eigenvalue weighted by molar-refractivity contribution is 5.85. The van der Waals surface area contributed by atoms with E-state index in [4.69, 9.17) is 4.74 Å². The molecule has 0 aliphatic carbocycles. The number of amides is 2. The van der Waals surface area contributed by atoms with Crippen LogP contribution in [0.3, 0.4) is 0 Å². The van der Waals surface area contributed by atoms with Gasteiger partial charge in [0.1, 0.15) is 5.60 Å². The van der Waals surface area contributed by atoms with E-state index in [2.05, 4.69) is 17.2 Å². The van der Waals surface area contributed by atoms with Crippen molar-refractivity contribution in [2.75, 3.05) is 26.2 Å². The van der Waals surface area contributed by atoms with Crippen molar-refractivity contribution in [3.05, 3.63) is 12.7 Å². The summed E-state index contributed by atoms with van der Waals surface area (Å²) < 4.78 is 5.12. The van der Waals surface area contributed by atoms with Gasteiger partial charge in [0.05, 0.1) is 6.54 Å². The van der Waals surface area contributed by atoms with Gasteiger partial charge in [-0.1, -0.05) is 6.08 Å². The van der Waals surface area contributed by atoms with Crippen molar-refractivity contribution < 1.29 is 24.2 Å². The van der Waals surface area contributed by atoms with Crippen molar-refractivity contribution in [2.24, 2.45) is 0 Å². The first kappa shape index (κ1) is 19.0. The third kappa shape index (κ3) is 5.90. The molecule has 1 aliphatic heterocycles. The molecule has 0 aromatic carbocycles. The summed E-state index contributed by atoms with van der Waals surface area (Å²) in [5.74, 6) is -1.36. The Morgan fingerprint density at radius 3 is 2.57 bits per heavy atom. The number of likely N-dealkylation sites (tertiary alicyclic amines) is 1. The molecule has 1 unspecified atom stereocenters. The lowest BCUT2D eigenvalue weighted by molar-refractivity contribution is -0.144. The smallest absolute Gasteiger partial charge is 0.408 e. The average Bonchev–Trinajstić information content (AvgIpc) is 2.78. The zero-order valence-electron chi connectivity index (χ0n) is 13.8. The number of carboxylic acids is 1. The van der Waals surface area contributed by atoms with E-state index in [0.717, 1.165) is 0 Å². The van der Waals surface area contributed by atoms with Crippen molar-refractivity contribution in [1.29, 1.82) is 0 Å². The van der Waals surface area contributed by atoms with Gasteiger partial charge >= 0.3 is 12.1 Å². The van der Waals surface area contributed by atoms with E-state index in [1.807, 2.05) is 0 Å². The molecule has 0 spiro atoms. The van der Waals surface area contributed by atoms with Crippen LogP contribution in [-0.4, -0.2) is 65.3 Å². The second-order valence-electron chi connectivity index (χ2n) is 6.57. The normalized spacial score (nSPS) is 21.5. The Hall–Kier alpha value is -2.09. The molecular weight excluding hydrogens is 302 g/mol. The summed E-state index contributed by atoms with van der Waals surface area (Å²) in [5.41, 5.74) is -2.16. The number of nitrogens with zero attached hydrogens (tertiary/aromatic N) is 1. The molecule has 1 atom stereocenters. The zero-order valence-corrected chi connectivity index (χ0v) is 13.8. The minimum absolute atomic E-state index is 0.0447. The largest absolute Gasteiger partial charge is 0.479 e. The maximum absolute atomic E-state index is 11.9. The molecule has 0 bridgehead atoms. The molecule has 1 rings (SSSR count). The van der Waals surface area contributed by atoms with Crippen LogP contribution in [-0.2, 0) is 14.3 Å². The summed E-state index contributed by atoms with van der Waals surface area (Å²) >= 11 is 0. The summed E-state index contributed by atoms with van der Waals surface area (Å²) in [5, 5.41) is 14.6. The number of ether oxygens (including phenoxy) is 1. The Labute approximate surface area is 135 Å². The van der Waals surface area contributed by atoms with E-state index in [1.54, 1.807) is 31.7 Å². The van der Waals surface area contributed by atoms with Gasteiger partial charge in [-0.05, 0) is 27.2 Å². The van der Waals surface area contributed by atoms with Crippen LogP contribution in [0, 0.1) is 0 Å². The first-order valence-corrected chi connectivity index (χ1v) is 7.42. The Bertz CT molecular complexity index is 486. The third-order valence-electron chi connectivity index (χ3n) is 3.31. The summed E-state index contributed by atoms with van der Waals surface area (Å²) in [6.45, 7) is 9.46. The fourth-order valence-corrected chi connectivity index (χ4v) is 2.30. The van der Waals surface area contributed by atoms with Gasteiger partial charge < -0.3 is 20.5 Å². The summed E-state index contributed by atoms with van der Waals surface area (Å²) in [4.78, 5) is 36.9. The Morgan fingerprint density at radius 2 is 2.04 bits per heavy atom. The molecule has 0 aromatic rings. The Kier molecular flexibility index (Phi) is 6.14. The Balaban J connectivity index is 2.66. The number of carbonyl (C=O) groups excluding carboxylic acids is 2. The van der Waals surface area contributed by atoms with Gasteiger partial charge in [-0.25, -0.2) is 9.59 Å². The van der Waals surface area contributed by atoms with Crippen LogP contribution in [0.2, 0.25) is 0 Å². The SMILES string of the molecule is C=CCNC(=O)CN1CCC(NC(=O)OC(C)(C)C)(C(=O)O)C1. The second kappa shape index (κ2) is 7.45. The molecular formula is C15H25N3O5. The lowest BCUT2D eigenvalue weighted by atomic mass is 9.99. The second-order valence-corrected chi connectivity index (χ2v) is 6.57. The predicted octanol–water partition coefficient (Wildman–Crippen LogP) is 0.342. The minimum atomic E-state index is -1.44. The molecule has 3 N–H and O–H groups in total. The maximum atomic E-state index is 11.9. The summed E-state index contributed by atoms with van der Waals surface area (Å²) in [6, 6.07) is 0. The first-order valence-electron chi connectivity index (χ1n) is 7.42. The van der Waals surface area contributed by atoms with Crippen molar-refractivity contribution >= 4 is 18.0 Å². The molecule has 0 radical (unpaired) electrons. The number of nitrogens with one attached hydrogen (secondary N) is 2. The predicted molar refractivity (Wildman–Crippen MR) is 84.0 cm³/mol.